The van der Waals surface area contributed by atoms with E-state index in [4.69, 9.17) is 5.84 Å². The lowest BCUT2D eigenvalue weighted by Crippen LogP contribution is -2.12. The molecule has 3 aromatic rings. The van der Waals surface area contributed by atoms with Crippen LogP contribution in [0.15, 0.2) is 53.7 Å². The number of nitrogen functional groups attached to an aromatic ring is 1. The third-order valence-electron chi connectivity index (χ3n) is 4.12. The van der Waals surface area contributed by atoms with E-state index in [1.807, 2.05) is 0 Å². The molecule has 0 saturated heterocycles. The average Bonchev–Trinajstić information content (AvgIpc) is 2.93. The predicted molar refractivity (Wildman–Crippen MR) is 105 cm³/mol. The first-order valence-corrected chi connectivity index (χ1v) is 9.33. The summed E-state index contributed by atoms with van der Waals surface area (Å²) in [5, 5.41) is 9.25. The number of nitrogens with two attached hydrogens (primary N) is 1. The summed E-state index contributed by atoms with van der Waals surface area (Å²) in [5.74, 6) is 7.73. The Kier molecular flexibility index (Phi) is 4.86. The SMILES string of the molecule is Cc1cccc(CSc2nnc(-c3ccc(C(C)(C)C)cc3)n2N)c1. The van der Waals surface area contributed by atoms with Crippen molar-refractivity contribution in [2.24, 2.45) is 0 Å². The van der Waals surface area contributed by atoms with Crippen LogP contribution in [0.25, 0.3) is 11.4 Å². The molecule has 0 unspecified atom stereocenters. The van der Waals surface area contributed by atoms with Crippen molar-refractivity contribution >= 4 is 11.8 Å². The normalized spacial score (nSPS) is 11.7. The van der Waals surface area contributed by atoms with Gasteiger partial charge in [0.25, 0.3) is 0 Å². The summed E-state index contributed by atoms with van der Waals surface area (Å²) in [7, 11) is 0. The quantitative estimate of drug-likeness (QED) is 0.552. The van der Waals surface area contributed by atoms with Gasteiger partial charge >= 0.3 is 0 Å². The van der Waals surface area contributed by atoms with Gasteiger partial charge in [0.05, 0.1) is 0 Å². The molecule has 0 aliphatic heterocycles. The monoisotopic (exact) mass is 352 g/mol. The van der Waals surface area contributed by atoms with Crippen molar-refractivity contribution in [2.45, 2.75) is 44.0 Å². The lowest BCUT2D eigenvalue weighted by atomic mass is 9.87. The van der Waals surface area contributed by atoms with Crippen molar-refractivity contribution in [2.75, 3.05) is 5.84 Å². The van der Waals surface area contributed by atoms with Crippen LogP contribution < -0.4 is 5.84 Å². The van der Waals surface area contributed by atoms with Crippen molar-refractivity contribution in [1.29, 1.82) is 0 Å². The van der Waals surface area contributed by atoms with Crippen molar-refractivity contribution < 1.29 is 0 Å². The van der Waals surface area contributed by atoms with Crippen LogP contribution in [0.2, 0.25) is 0 Å². The van der Waals surface area contributed by atoms with E-state index in [2.05, 4.69) is 86.4 Å². The largest absolute Gasteiger partial charge is 0.335 e. The lowest BCUT2D eigenvalue weighted by Gasteiger charge is -2.19. The number of benzene rings is 2. The summed E-state index contributed by atoms with van der Waals surface area (Å²) >= 11 is 1.60. The Labute approximate surface area is 153 Å². The van der Waals surface area contributed by atoms with Crippen LogP contribution in [0, 0.1) is 6.92 Å². The van der Waals surface area contributed by atoms with Gasteiger partial charge in [0.15, 0.2) is 5.82 Å². The predicted octanol–water partition coefficient (Wildman–Crippen LogP) is 4.56. The van der Waals surface area contributed by atoms with E-state index < -0.39 is 0 Å². The van der Waals surface area contributed by atoms with E-state index in [-0.39, 0.29) is 5.41 Å². The van der Waals surface area contributed by atoms with Gasteiger partial charge in [0.1, 0.15) is 0 Å². The molecule has 2 aromatic carbocycles. The van der Waals surface area contributed by atoms with Crippen LogP contribution in [0.3, 0.4) is 0 Å². The highest BCUT2D eigenvalue weighted by atomic mass is 32.2. The number of hydrogen-bond donors (Lipinski definition) is 1. The van der Waals surface area contributed by atoms with E-state index in [0.29, 0.717) is 5.82 Å². The van der Waals surface area contributed by atoms with Crippen LogP contribution >= 0.6 is 11.8 Å². The zero-order valence-corrected chi connectivity index (χ0v) is 16.0. The molecular formula is C20H24N4S. The minimum Gasteiger partial charge on any atom is -0.335 e. The Morgan fingerprint density at radius 1 is 1.04 bits per heavy atom. The van der Waals surface area contributed by atoms with Crippen molar-refractivity contribution in [3.05, 3.63) is 65.2 Å². The van der Waals surface area contributed by atoms with E-state index in [1.165, 1.54) is 16.7 Å². The van der Waals surface area contributed by atoms with E-state index in [1.54, 1.807) is 16.4 Å². The molecule has 0 atom stereocenters. The maximum Gasteiger partial charge on any atom is 0.210 e. The number of thioether (sulfide) groups is 1. The Morgan fingerprint density at radius 2 is 1.76 bits per heavy atom. The number of hydrogen-bond acceptors (Lipinski definition) is 4. The average molecular weight is 353 g/mol. The van der Waals surface area contributed by atoms with Gasteiger partial charge in [-0.2, -0.15) is 0 Å². The second kappa shape index (κ2) is 6.92. The Hall–Kier alpha value is -2.27. The van der Waals surface area contributed by atoms with Crippen LogP contribution in [0.5, 0.6) is 0 Å². The maximum absolute atomic E-state index is 6.22. The summed E-state index contributed by atoms with van der Waals surface area (Å²) < 4.78 is 1.58. The van der Waals surface area contributed by atoms with E-state index in [0.717, 1.165) is 16.5 Å². The minimum absolute atomic E-state index is 0.129. The molecule has 2 N–H and O–H groups in total. The molecular weight excluding hydrogens is 328 g/mol. The van der Waals surface area contributed by atoms with Crippen LogP contribution in [-0.2, 0) is 11.2 Å². The van der Waals surface area contributed by atoms with Gasteiger partial charge < -0.3 is 5.84 Å². The second-order valence-electron chi connectivity index (χ2n) is 7.28. The molecule has 0 amide bonds. The molecule has 0 spiro atoms. The van der Waals surface area contributed by atoms with Gasteiger partial charge in [-0.05, 0) is 23.5 Å². The van der Waals surface area contributed by atoms with E-state index >= 15 is 0 Å². The van der Waals surface area contributed by atoms with Gasteiger partial charge in [-0.3, -0.25) is 0 Å². The first-order valence-electron chi connectivity index (χ1n) is 8.34. The molecule has 0 saturated carbocycles. The molecule has 0 radical (unpaired) electrons. The van der Waals surface area contributed by atoms with Crippen molar-refractivity contribution in [3.8, 4) is 11.4 Å². The fourth-order valence-corrected chi connectivity index (χ4v) is 3.44. The minimum atomic E-state index is 0.129. The molecule has 0 fully saturated rings. The van der Waals surface area contributed by atoms with Crippen molar-refractivity contribution in [3.63, 3.8) is 0 Å². The van der Waals surface area contributed by atoms with Crippen LogP contribution in [-0.4, -0.2) is 14.9 Å². The van der Waals surface area contributed by atoms with Gasteiger partial charge in [-0.1, -0.05) is 86.6 Å². The second-order valence-corrected chi connectivity index (χ2v) is 8.22. The first kappa shape index (κ1) is 17.5. The molecule has 0 bridgehead atoms. The number of nitrogens with zero attached hydrogens (tertiary/aromatic N) is 3. The molecule has 0 aliphatic rings. The topological polar surface area (TPSA) is 56.7 Å². The standard InChI is InChI=1S/C20H24N4S/c1-14-6-5-7-15(12-14)13-25-19-23-22-18(24(19)21)16-8-10-17(11-9-16)20(2,3)4/h5-12H,13,21H2,1-4H3. The first-order chi connectivity index (χ1) is 11.8. The molecule has 3 rings (SSSR count). The molecule has 25 heavy (non-hydrogen) atoms. The smallest absolute Gasteiger partial charge is 0.210 e. The summed E-state index contributed by atoms with van der Waals surface area (Å²) in [6.07, 6.45) is 0. The third kappa shape index (κ3) is 4.04. The van der Waals surface area contributed by atoms with Crippen molar-refractivity contribution in [1.82, 2.24) is 14.9 Å². The summed E-state index contributed by atoms with van der Waals surface area (Å²) in [6, 6.07) is 16.8. The summed E-state index contributed by atoms with van der Waals surface area (Å²) in [6.45, 7) is 8.70. The van der Waals surface area contributed by atoms with E-state index in [9.17, 15) is 0 Å². The maximum atomic E-state index is 6.22. The molecule has 1 heterocycles. The fraction of sp³-hybridized carbons (Fsp3) is 0.300. The van der Waals surface area contributed by atoms with Crippen LogP contribution in [0.4, 0.5) is 0 Å². The Bertz CT molecular complexity index is 860. The molecule has 0 aliphatic carbocycles. The number of rotatable bonds is 4. The Morgan fingerprint density at radius 3 is 2.40 bits per heavy atom. The highest BCUT2D eigenvalue weighted by molar-refractivity contribution is 7.98. The summed E-state index contributed by atoms with van der Waals surface area (Å²) in [4.78, 5) is 0. The zero-order chi connectivity index (χ0) is 18.0. The number of aromatic nitrogens is 3. The van der Waals surface area contributed by atoms with Gasteiger partial charge in [-0.25, -0.2) is 4.68 Å². The Balaban J connectivity index is 1.77. The number of aryl methyl sites for hydroxylation is 1. The highest BCUT2D eigenvalue weighted by Crippen LogP contribution is 2.27. The van der Waals surface area contributed by atoms with Gasteiger partial charge in [0, 0.05) is 11.3 Å². The molecule has 130 valence electrons. The molecule has 4 nitrogen and oxygen atoms in total. The third-order valence-corrected chi connectivity index (χ3v) is 5.14. The van der Waals surface area contributed by atoms with Crippen LogP contribution in [0.1, 0.15) is 37.5 Å². The molecule has 5 heteroatoms. The molecule has 1 aromatic heterocycles. The zero-order valence-electron chi connectivity index (χ0n) is 15.2. The lowest BCUT2D eigenvalue weighted by molar-refractivity contribution is 0.590. The fourth-order valence-electron chi connectivity index (χ4n) is 2.64. The summed E-state index contributed by atoms with van der Waals surface area (Å²) in [5.41, 5.74) is 4.90. The van der Waals surface area contributed by atoms with Gasteiger partial charge in [-0.15, -0.1) is 10.2 Å². The van der Waals surface area contributed by atoms with Gasteiger partial charge in [0.2, 0.25) is 5.16 Å². The highest BCUT2D eigenvalue weighted by Gasteiger charge is 2.16.